The predicted octanol–water partition coefficient (Wildman–Crippen LogP) is 4.14. The second-order valence-electron chi connectivity index (χ2n) is 5.44. The number of imidazole rings is 1. The van der Waals surface area contributed by atoms with Crippen LogP contribution in [0.4, 0.5) is 0 Å². The summed E-state index contributed by atoms with van der Waals surface area (Å²) >= 11 is 6.36. The summed E-state index contributed by atoms with van der Waals surface area (Å²) in [4.78, 5) is 15.7. The van der Waals surface area contributed by atoms with Gasteiger partial charge in [0.1, 0.15) is 11.6 Å². The molecule has 1 aromatic heterocycles. The number of aromatic carboxylic acids is 1. The van der Waals surface area contributed by atoms with Gasteiger partial charge in [-0.3, -0.25) is 0 Å². The Morgan fingerprint density at radius 3 is 2.75 bits per heavy atom. The Kier molecular flexibility index (Phi) is 4.44. The molecule has 0 atom stereocenters. The Morgan fingerprint density at radius 2 is 2.08 bits per heavy atom. The summed E-state index contributed by atoms with van der Waals surface area (Å²) in [5.74, 6) is 0.575. The van der Waals surface area contributed by atoms with Crippen molar-refractivity contribution in [2.24, 2.45) is 0 Å². The molecular formula is C18H17ClN2O3. The van der Waals surface area contributed by atoms with Gasteiger partial charge < -0.3 is 14.4 Å². The Bertz CT molecular complexity index is 918. The molecule has 0 fully saturated rings. The zero-order chi connectivity index (χ0) is 17.3. The van der Waals surface area contributed by atoms with Crippen molar-refractivity contribution >= 4 is 28.6 Å². The molecule has 0 bridgehead atoms. The average Bonchev–Trinajstić information content (AvgIpc) is 2.85. The van der Waals surface area contributed by atoms with Gasteiger partial charge in [0.2, 0.25) is 0 Å². The molecule has 0 spiro atoms. The minimum absolute atomic E-state index is 0.237. The first-order chi connectivity index (χ1) is 11.5. The fourth-order valence-corrected chi connectivity index (χ4v) is 2.89. The van der Waals surface area contributed by atoms with Crippen LogP contribution in [0.2, 0.25) is 5.02 Å². The average molecular weight is 345 g/mol. The van der Waals surface area contributed by atoms with E-state index in [1.165, 1.54) is 0 Å². The van der Waals surface area contributed by atoms with E-state index in [9.17, 15) is 9.90 Å². The summed E-state index contributed by atoms with van der Waals surface area (Å²) < 4.78 is 7.41. The highest BCUT2D eigenvalue weighted by Crippen LogP contribution is 2.26. The first kappa shape index (κ1) is 16.3. The van der Waals surface area contributed by atoms with Crippen molar-refractivity contribution in [1.29, 1.82) is 0 Å². The van der Waals surface area contributed by atoms with Crippen LogP contribution >= 0.6 is 11.6 Å². The highest BCUT2D eigenvalue weighted by molar-refractivity contribution is 6.31. The second kappa shape index (κ2) is 6.53. The molecular weight excluding hydrogens is 328 g/mol. The first-order valence-corrected chi connectivity index (χ1v) is 7.98. The van der Waals surface area contributed by atoms with Crippen molar-refractivity contribution in [3.8, 4) is 5.75 Å². The number of halogens is 1. The van der Waals surface area contributed by atoms with Crippen molar-refractivity contribution in [2.45, 2.75) is 20.4 Å². The van der Waals surface area contributed by atoms with Crippen molar-refractivity contribution in [2.75, 3.05) is 6.61 Å². The van der Waals surface area contributed by atoms with Crippen LogP contribution in [0.3, 0.4) is 0 Å². The molecule has 1 N–H and O–H groups in total. The van der Waals surface area contributed by atoms with Crippen LogP contribution in [0.1, 0.15) is 28.7 Å². The molecule has 5 nitrogen and oxygen atoms in total. The number of hydrogen-bond donors (Lipinski definition) is 1. The van der Waals surface area contributed by atoms with E-state index < -0.39 is 5.97 Å². The van der Waals surface area contributed by atoms with Crippen molar-refractivity contribution in [1.82, 2.24) is 9.55 Å². The van der Waals surface area contributed by atoms with E-state index in [0.717, 1.165) is 28.2 Å². The smallest absolute Gasteiger partial charge is 0.335 e. The van der Waals surface area contributed by atoms with E-state index in [0.29, 0.717) is 18.2 Å². The van der Waals surface area contributed by atoms with Crippen LogP contribution in [0, 0.1) is 6.92 Å². The molecule has 6 heteroatoms. The van der Waals surface area contributed by atoms with Crippen LogP contribution in [0.25, 0.3) is 11.0 Å². The highest BCUT2D eigenvalue weighted by Gasteiger charge is 2.13. The number of carboxylic acid groups (broad SMARTS) is 1. The number of nitrogens with zero attached hydrogens (tertiary/aromatic N) is 2. The third kappa shape index (κ3) is 3.08. The SMILES string of the molecule is CCOc1ccc(Cn2c(C)nc3ccc(C(=O)O)cc32)c(Cl)c1. The molecule has 0 aliphatic rings. The summed E-state index contributed by atoms with van der Waals surface area (Å²) in [5.41, 5.74) is 2.70. The fourth-order valence-electron chi connectivity index (χ4n) is 2.66. The molecule has 124 valence electrons. The highest BCUT2D eigenvalue weighted by atomic mass is 35.5. The zero-order valence-corrected chi connectivity index (χ0v) is 14.2. The standard InChI is InChI=1S/C18H17ClN2O3/c1-3-24-14-6-4-13(15(19)9-14)10-21-11(2)20-16-7-5-12(18(22)23)8-17(16)21/h4-9H,3,10H2,1-2H3,(H,22,23). The fraction of sp³-hybridized carbons (Fsp3) is 0.222. The van der Waals surface area contributed by atoms with Crippen molar-refractivity contribution < 1.29 is 14.6 Å². The number of carbonyl (C=O) groups is 1. The number of ether oxygens (including phenoxy) is 1. The molecule has 24 heavy (non-hydrogen) atoms. The first-order valence-electron chi connectivity index (χ1n) is 7.61. The largest absolute Gasteiger partial charge is 0.494 e. The molecule has 0 aliphatic heterocycles. The van der Waals surface area contributed by atoms with E-state index >= 15 is 0 Å². The number of aromatic nitrogens is 2. The summed E-state index contributed by atoms with van der Waals surface area (Å²) in [6.07, 6.45) is 0. The van der Waals surface area contributed by atoms with E-state index in [1.54, 1.807) is 24.3 Å². The summed E-state index contributed by atoms with van der Waals surface area (Å²) in [6, 6.07) is 10.5. The van der Waals surface area contributed by atoms with Gasteiger partial charge in [0.15, 0.2) is 0 Å². The van der Waals surface area contributed by atoms with Gasteiger partial charge in [0.05, 0.1) is 29.7 Å². The number of benzene rings is 2. The lowest BCUT2D eigenvalue weighted by Crippen LogP contribution is -2.04. The molecule has 0 aliphatic carbocycles. The Labute approximate surface area is 144 Å². The van der Waals surface area contributed by atoms with Crippen LogP contribution in [-0.2, 0) is 6.54 Å². The molecule has 0 saturated carbocycles. The molecule has 0 amide bonds. The minimum Gasteiger partial charge on any atom is -0.494 e. The maximum absolute atomic E-state index is 11.2. The van der Waals surface area contributed by atoms with Crippen molar-refractivity contribution in [3.63, 3.8) is 0 Å². The van der Waals surface area contributed by atoms with E-state index in [2.05, 4.69) is 4.98 Å². The number of aryl methyl sites for hydroxylation is 1. The summed E-state index contributed by atoms with van der Waals surface area (Å²) in [5, 5.41) is 9.80. The van der Waals surface area contributed by atoms with Gasteiger partial charge in [0.25, 0.3) is 0 Å². The lowest BCUT2D eigenvalue weighted by molar-refractivity contribution is 0.0697. The van der Waals surface area contributed by atoms with Gasteiger partial charge in [-0.05, 0) is 49.7 Å². The summed E-state index contributed by atoms with van der Waals surface area (Å²) in [7, 11) is 0. The molecule has 3 rings (SSSR count). The maximum atomic E-state index is 11.2. The third-order valence-corrected chi connectivity index (χ3v) is 4.20. The second-order valence-corrected chi connectivity index (χ2v) is 5.85. The lowest BCUT2D eigenvalue weighted by Gasteiger charge is -2.11. The Balaban J connectivity index is 2.02. The predicted molar refractivity (Wildman–Crippen MR) is 93.2 cm³/mol. The molecule has 1 heterocycles. The lowest BCUT2D eigenvalue weighted by atomic mass is 10.2. The molecule has 0 radical (unpaired) electrons. The Hall–Kier alpha value is -2.53. The van der Waals surface area contributed by atoms with Crippen LogP contribution in [-0.4, -0.2) is 27.2 Å². The number of fused-ring (bicyclic) bond motifs is 1. The number of carboxylic acids is 1. The maximum Gasteiger partial charge on any atom is 0.335 e. The molecule has 2 aromatic carbocycles. The quantitative estimate of drug-likeness (QED) is 0.755. The van der Waals surface area contributed by atoms with E-state index in [-0.39, 0.29) is 5.56 Å². The van der Waals surface area contributed by atoms with E-state index in [1.807, 2.05) is 30.5 Å². The molecule has 0 saturated heterocycles. The van der Waals surface area contributed by atoms with Gasteiger partial charge in [-0.15, -0.1) is 0 Å². The normalized spacial score (nSPS) is 11.0. The monoisotopic (exact) mass is 344 g/mol. The summed E-state index contributed by atoms with van der Waals surface area (Å²) in [6.45, 7) is 4.90. The minimum atomic E-state index is -0.957. The van der Waals surface area contributed by atoms with Crippen LogP contribution < -0.4 is 4.74 Å². The van der Waals surface area contributed by atoms with Gasteiger partial charge in [0, 0.05) is 5.02 Å². The zero-order valence-electron chi connectivity index (χ0n) is 13.4. The van der Waals surface area contributed by atoms with E-state index in [4.69, 9.17) is 16.3 Å². The van der Waals surface area contributed by atoms with Crippen LogP contribution in [0.5, 0.6) is 5.75 Å². The molecule has 0 unspecified atom stereocenters. The molecule has 3 aromatic rings. The number of hydrogen-bond acceptors (Lipinski definition) is 3. The van der Waals surface area contributed by atoms with Gasteiger partial charge in [-0.1, -0.05) is 17.7 Å². The topological polar surface area (TPSA) is 64.4 Å². The van der Waals surface area contributed by atoms with Gasteiger partial charge in [-0.2, -0.15) is 0 Å². The third-order valence-electron chi connectivity index (χ3n) is 3.85. The van der Waals surface area contributed by atoms with Crippen LogP contribution in [0.15, 0.2) is 36.4 Å². The van der Waals surface area contributed by atoms with Gasteiger partial charge >= 0.3 is 5.97 Å². The Morgan fingerprint density at radius 1 is 1.29 bits per heavy atom. The van der Waals surface area contributed by atoms with Crippen molar-refractivity contribution in [3.05, 3.63) is 58.4 Å². The number of rotatable bonds is 5. The van der Waals surface area contributed by atoms with Gasteiger partial charge in [-0.25, -0.2) is 9.78 Å².